The third kappa shape index (κ3) is 3.58. The largest absolute Gasteiger partial charge is 0.389 e. The van der Waals surface area contributed by atoms with Gasteiger partial charge in [-0.2, -0.15) is 4.98 Å². The Hall–Kier alpha value is -2.22. The van der Waals surface area contributed by atoms with E-state index in [1.807, 2.05) is 24.6 Å². The number of aryl methyl sites for hydroxylation is 3. The van der Waals surface area contributed by atoms with Crippen molar-refractivity contribution in [1.29, 1.82) is 0 Å². The Bertz CT molecular complexity index is 725. The van der Waals surface area contributed by atoms with E-state index in [0.29, 0.717) is 31.0 Å². The number of nitrogens with zero attached hydrogens (tertiary/aromatic N) is 5. The van der Waals surface area contributed by atoms with Crippen LogP contribution in [0.3, 0.4) is 0 Å². The van der Waals surface area contributed by atoms with Crippen LogP contribution in [0.15, 0.2) is 16.9 Å². The Morgan fingerprint density at radius 3 is 2.92 bits per heavy atom. The molecular formula is C17H25N5O3. The SMILES string of the molecule is CCc1noc(CCC(=O)N(C)[C@@H]2CC[C@@H](n3ccnc3C)[C@@H]2O)n1. The van der Waals surface area contributed by atoms with Gasteiger partial charge in [0.15, 0.2) is 5.82 Å². The topological polar surface area (TPSA) is 97.3 Å². The van der Waals surface area contributed by atoms with Gasteiger partial charge in [-0.1, -0.05) is 12.1 Å². The Labute approximate surface area is 146 Å². The summed E-state index contributed by atoms with van der Waals surface area (Å²) in [6.45, 7) is 3.87. The van der Waals surface area contributed by atoms with E-state index in [1.165, 1.54) is 0 Å². The van der Waals surface area contributed by atoms with Crippen molar-refractivity contribution < 1.29 is 14.4 Å². The maximum absolute atomic E-state index is 12.5. The van der Waals surface area contributed by atoms with Crippen LogP contribution in [0.5, 0.6) is 0 Å². The van der Waals surface area contributed by atoms with E-state index in [2.05, 4.69) is 15.1 Å². The fraction of sp³-hybridized carbons (Fsp3) is 0.647. The van der Waals surface area contributed by atoms with Gasteiger partial charge in [0.05, 0.1) is 18.2 Å². The molecule has 0 radical (unpaired) electrons. The van der Waals surface area contributed by atoms with E-state index in [0.717, 1.165) is 18.7 Å². The molecule has 8 heteroatoms. The molecule has 0 saturated heterocycles. The average molecular weight is 347 g/mol. The van der Waals surface area contributed by atoms with Crippen LogP contribution >= 0.6 is 0 Å². The number of amides is 1. The minimum absolute atomic E-state index is 0.0247. The highest BCUT2D eigenvalue weighted by Gasteiger charge is 2.39. The molecule has 0 bridgehead atoms. The maximum atomic E-state index is 12.5. The normalized spacial score (nSPS) is 23.1. The number of carbonyl (C=O) groups is 1. The number of hydrogen-bond donors (Lipinski definition) is 1. The number of likely N-dealkylation sites (N-methyl/N-ethyl adjacent to an activating group) is 1. The van der Waals surface area contributed by atoms with Crippen LogP contribution in [0.25, 0.3) is 0 Å². The standard InChI is InChI=1S/C17H25N5O3/c1-4-14-19-15(25-20-14)7-8-16(23)21(3)12-5-6-13(17(12)24)22-10-9-18-11(22)2/h9-10,12-13,17,24H,4-8H2,1-3H3/t12-,13-,17-/m1/s1. The average Bonchev–Trinajstić information content (AvgIpc) is 3.32. The molecule has 2 aromatic heterocycles. The molecule has 25 heavy (non-hydrogen) atoms. The molecule has 3 rings (SSSR count). The summed E-state index contributed by atoms with van der Waals surface area (Å²) in [5.41, 5.74) is 0. The first-order chi connectivity index (χ1) is 12.0. The van der Waals surface area contributed by atoms with Crippen molar-refractivity contribution in [1.82, 2.24) is 24.6 Å². The molecule has 1 aliphatic carbocycles. The molecule has 3 atom stereocenters. The number of aliphatic hydroxyl groups excluding tert-OH is 1. The lowest BCUT2D eigenvalue weighted by atomic mass is 10.1. The zero-order valence-corrected chi connectivity index (χ0v) is 14.9. The summed E-state index contributed by atoms with van der Waals surface area (Å²) < 4.78 is 7.11. The van der Waals surface area contributed by atoms with Crippen molar-refractivity contribution in [2.75, 3.05) is 7.05 Å². The van der Waals surface area contributed by atoms with Crippen LogP contribution in [-0.2, 0) is 17.6 Å². The Morgan fingerprint density at radius 2 is 2.28 bits per heavy atom. The van der Waals surface area contributed by atoms with E-state index in [-0.39, 0.29) is 18.0 Å². The zero-order valence-electron chi connectivity index (χ0n) is 14.9. The van der Waals surface area contributed by atoms with Crippen molar-refractivity contribution in [2.24, 2.45) is 0 Å². The lowest BCUT2D eigenvalue weighted by Crippen LogP contribution is -2.43. The minimum Gasteiger partial charge on any atom is -0.389 e. The van der Waals surface area contributed by atoms with E-state index >= 15 is 0 Å². The van der Waals surface area contributed by atoms with E-state index in [1.54, 1.807) is 18.1 Å². The van der Waals surface area contributed by atoms with E-state index in [4.69, 9.17) is 4.52 Å². The number of rotatable bonds is 6. The molecule has 1 amide bonds. The van der Waals surface area contributed by atoms with Crippen LogP contribution in [0, 0.1) is 6.92 Å². The second kappa shape index (κ2) is 7.35. The van der Waals surface area contributed by atoms with Crippen molar-refractivity contribution in [3.05, 3.63) is 29.9 Å². The Kier molecular flexibility index (Phi) is 5.17. The molecule has 0 aliphatic heterocycles. The molecule has 136 valence electrons. The number of imidazole rings is 1. The lowest BCUT2D eigenvalue weighted by Gasteiger charge is -2.29. The Morgan fingerprint density at radius 1 is 1.48 bits per heavy atom. The predicted molar refractivity (Wildman–Crippen MR) is 89.8 cm³/mol. The monoisotopic (exact) mass is 347 g/mol. The third-order valence-corrected chi connectivity index (χ3v) is 5.04. The van der Waals surface area contributed by atoms with Crippen molar-refractivity contribution in [2.45, 2.75) is 64.1 Å². The smallest absolute Gasteiger partial charge is 0.227 e. The Balaban J connectivity index is 1.57. The van der Waals surface area contributed by atoms with Gasteiger partial charge in [0.2, 0.25) is 11.8 Å². The van der Waals surface area contributed by atoms with E-state index < -0.39 is 6.10 Å². The first-order valence-electron chi connectivity index (χ1n) is 8.75. The summed E-state index contributed by atoms with van der Waals surface area (Å²) in [5, 5.41) is 14.5. The molecular weight excluding hydrogens is 322 g/mol. The molecule has 0 spiro atoms. The summed E-state index contributed by atoms with van der Waals surface area (Å²) in [6.07, 6.45) is 6.03. The summed E-state index contributed by atoms with van der Waals surface area (Å²) in [5.74, 6) is 1.99. The highest BCUT2D eigenvalue weighted by atomic mass is 16.5. The summed E-state index contributed by atoms with van der Waals surface area (Å²) in [7, 11) is 1.75. The minimum atomic E-state index is -0.600. The summed E-state index contributed by atoms with van der Waals surface area (Å²) in [6, 6.07) is -0.223. The number of aliphatic hydroxyl groups is 1. The fourth-order valence-corrected chi connectivity index (χ4v) is 3.51. The molecule has 1 fully saturated rings. The first kappa shape index (κ1) is 17.6. The summed E-state index contributed by atoms with van der Waals surface area (Å²) >= 11 is 0. The second-order valence-corrected chi connectivity index (χ2v) is 6.55. The number of aromatic nitrogens is 4. The van der Waals surface area contributed by atoms with Gasteiger partial charge in [0.25, 0.3) is 0 Å². The number of carbonyl (C=O) groups excluding carboxylic acids is 1. The molecule has 2 aromatic rings. The maximum Gasteiger partial charge on any atom is 0.227 e. The van der Waals surface area contributed by atoms with Gasteiger partial charge in [-0.25, -0.2) is 4.98 Å². The van der Waals surface area contributed by atoms with Gasteiger partial charge in [0.1, 0.15) is 5.82 Å². The zero-order chi connectivity index (χ0) is 18.0. The predicted octanol–water partition coefficient (Wildman–Crippen LogP) is 1.29. The number of hydrogen-bond acceptors (Lipinski definition) is 6. The van der Waals surface area contributed by atoms with Crippen LogP contribution in [0.2, 0.25) is 0 Å². The van der Waals surface area contributed by atoms with Crippen LogP contribution in [-0.4, -0.2) is 54.8 Å². The van der Waals surface area contributed by atoms with Crippen LogP contribution in [0.4, 0.5) is 0 Å². The highest BCUT2D eigenvalue weighted by molar-refractivity contribution is 5.76. The molecule has 8 nitrogen and oxygen atoms in total. The van der Waals surface area contributed by atoms with Gasteiger partial charge in [-0.05, 0) is 19.8 Å². The van der Waals surface area contributed by atoms with Crippen molar-refractivity contribution in [3.8, 4) is 0 Å². The van der Waals surface area contributed by atoms with Crippen LogP contribution in [0.1, 0.15) is 49.8 Å². The van der Waals surface area contributed by atoms with Gasteiger partial charge >= 0.3 is 0 Å². The van der Waals surface area contributed by atoms with Gasteiger partial charge in [0, 0.05) is 38.7 Å². The van der Waals surface area contributed by atoms with Crippen LogP contribution < -0.4 is 0 Å². The van der Waals surface area contributed by atoms with Gasteiger partial charge in [-0.15, -0.1) is 0 Å². The molecule has 0 aromatic carbocycles. The highest BCUT2D eigenvalue weighted by Crippen LogP contribution is 2.34. The molecule has 2 heterocycles. The van der Waals surface area contributed by atoms with Crippen molar-refractivity contribution >= 4 is 5.91 Å². The van der Waals surface area contributed by atoms with E-state index in [9.17, 15) is 9.90 Å². The van der Waals surface area contributed by atoms with Gasteiger partial charge in [-0.3, -0.25) is 4.79 Å². The molecule has 1 saturated carbocycles. The quantitative estimate of drug-likeness (QED) is 0.846. The van der Waals surface area contributed by atoms with Gasteiger partial charge < -0.3 is 19.1 Å². The second-order valence-electron chi connectivity index (χ2n) is 6.55. The molecule has 1 aliphatic rings. The fourth-order valence-electron chi connectivity index (χ4n) is 3.51. The van der Waals surface area contributed by atoms with Crippen molar-refractivity contribution in [3.63, 3.8) is 0 Å². The molecule has 0 unspecified atom stereocenters. The molecule has 1 N–H and O–H groups in total. The lowest BCUT2D eigenvalue weighted by molar-refractivity contribution is -0.134. The first-order valence-corrected chi connectivity index (χ1v) is 8.75. The third-order valence-electron chi connectivity index (χ3n) is 5.04. The summed E-state index contributed by atoms with van der Waals surface area (Å²) in [4.78, 5) is 22.6.